The number of pyridine rings is 1. The largest absolute Gasteiger partial charge is 0.391 e. The smallest absolute Gasteiger partial charge is 0.274 e. The molecule has 3 N–H and O–H groups in total. The van der Waals surface area contributed by atoms with Crippen LogP contribution in [0, 0.1) is 0 Å². The van der Waals surface area contributed by atoms with E-state index >= 15 is 0 Å². The van der Waals surface area contributed by atoms with Crippen LogP contribution in [0.25, 0.3) is 0 Å². The molecule has 1 aromatic rings. The third-order valence-electron chi connectivity index (χ3n) is 2.83. The van der Waals surface area contributed by atoms with Gasteiger partial charge in [0.1, 0.15) is 11.7 Å². The van der Waals surface area contributed by atoms with Crippen LogP contribution in [0.5, 0.6) is 0 Å². The van der Waals surface area contributed by atoms with Gasteiger partial charge in [0.05, 0.1) is 6.10 Å². The highest BCUT2D eigenvalue weighted by atomic mass is 79.9. The average molecular weight is 314 g/mol. The van der Waals surface area contributed by atoms with Gasteiger partial charge in [0.15, 0.2) is 0 Å². The summed E-state index contributed by atoms with van der Waals surface area (Å²) in [7, 11) is 0. The summed E-state index contributed by atoms with van der Waals surface area (Å²) in [6.07, 6.45) is 0.934. The van der Waals surface area contributed by atoms with Gasteiger partial charge in [-0.05, 0) is 28.1 Å². The van der Waals surface area contributed by atoms with Crippen molar-refractivity contribution in [1.29, 1.82) is 0 Å². The van der Waals surface area contributed by atoms with E-state index in [0.29, 0.717) is 4.47 Å². The number of hydrogen-bond acceptors (Lipinski definition) is 4. The number of carbonyl (C=O) groups is 2. The summed E-state index contributed by atoms with van der Waals surface area (Å²) in [4.78, 5) is 28.7. The first kappa shape index (κ1) is 13.0. The highest BCUT2D eigenvalue weighted by Crippen LogP contribution is 2.22. The Kier molecular flexibility index (Phi) is 3.63. The Bertz CT molecular complexity index is 494. The molecular formula is C11H12BrN3O3. The van der Waals surface area contributed by atoms with Crippen molar-refractivity contribution in [3.63, 3.8) is 0 Å². The van der Waals surface area contributed by atoms with E-state index in [-0.39, 0.29) is 18.7 Å². The van der Waals surface area contributed by atoms with E-state index < -0.39 is 24.0 Å². The molecule has 0 radical (unpaired) electrons. The quantitative estimate of drug-likeness (QED) is 0.797. The molecule has 0 saturated carbocycles. The van der Waals surface area contributed by atoms with E-state index in [2.05, 4.69) is 20.9 Å². The third kappa shape index (κ3) is 2.37. The molecule has 2 rings (SSSR count). The standard InChI is InChI=1S/C11H12BrN3O3/c12-7-2-1-3-14-9(7)11(18)15-5-6(16)4-8(15)10(13)17/h1-3,6,8,16H,4-5H2,(H2,13,17). The van der Waals surface area contributed by atoms with E-state index in [0.717, 1.165) is 0 Å². The zero-order valence-corrected chi connectivity index (χ0v) is 11.0. The lowest BCUT2D eigenvalue weighted by molar-refractivity contribution is -0.121. The summed E-state index contributed by atoms with van der Waals surface area (Å²) < 4.78 is 0.541. The minimum atomic E-state index is -0.776. The highest BCUT2D eigenvalue weighted by molar-refractivity contribution is 9.10. The number of likely N-dealkylation sites (tertiary alicyclic amines) is 1. The minimum Gasteiger partial charge on any atom is -0.391 e. The van der Waals surface area contributed by atoms with Gasteiger partial charge in [-0.3, -0.25) is 9.59 Å². The second-order valence-electron chi connectivity index (χ2n) is 4.10. The Morgan fingerprint density at radius 1 is 1.56 bits per heavy atom. The van der Waals surface area contributed by atoms with E-state index in [1.165, 1.54) is 11.1 Å². The van der Waals surface area contributed by atoms with E-state index in [4.69, 9.17) is 5.73 Å². The summed E-state index contributed by atoms with van der Waals surface area (Å²) >= 11 is 3.23. The van der Waals surface area contributed by atoms with Crippen molar-refractivity contribution in [2.24, 2.45) is 5.73 Å². The maximum atomic E-state index is 12.2. The van der Waals surface area contributed by atoms with Crippen molar-refractivity contribution in [3.05, 3.63) is 28.5 Å². The molecule has 0 bridgehead atoms. The predicted octanol–water partition coefficient (Wildman–Crippen LogP) is -0.0952. The summed E-state index contributed by atoms with van der Waals surface area (Å²) in [5.41, 5.74) is 5.43. The molecule has 0 aromatic carbocycles. The summed E-state index contributed by atoms with van der Waals surface area (Å²) in [5.74, 6) is -1.03. The Labute approximate surface area is 112 Å². The van der Waals surface area contributed by atoms with Crippen LogP contribution >= 0.6 is 15.9 Å². The molecule has 18 heavy (non-hydrogen) atoms. The fourth-order valence-electron chi connectivity index (χ4n) is 1.99. The number of hydrogen-bond donors (Lipinski definition) is 2. The molecule has 1 aliphatic rings. The van der Waals surface area contributed by atoms with E-state index in [9.17, 15) is 14.7 Å². The normalized spacial score (nSPS) is 23.1. The lowest BCUT2D eigenvalue weighted by Crippen LogP contribution is -2.44. The summed E-state index contributed by atoms with van der Waals surface area (Å²) in [6.45, 7) is 0.0927. The molecule has 1 saturated heterocycles. The Morgan fingerprint density at radius 3 is 2.89 bits per heavy atom. The Balaban J connectivity index is 2.28. The van der Waals surface area contributed by atoms with Crippen molar-refractivity contribution >= 4 is 27.7 Å². The minimum absolute atomic E-state index is 0.0927. The third-order valence-corrected chi connectivity index (χ3v) is 3.47. The number of aromatic nitrogens is 1. The summed E-state index contributed by atoms with van der Waals surface area (Å²) in [6, 6.07) is 2.60. The van der Waals surface area contributed by atoms with Crippen LogP contribution in [0.1, 0.15) is 16.9 Å². The molecule has 2 atom stereocenters. The molecule has 0 aliphatic carbocycles. The van der Waals surface area contributed by atoms with Crippen LogP contribution in [0.3, 0.4) is 0 Å². The molecular weight excluding hydrogens is 302 g/mol. The number of amides is 2. The molecule has 2 heterocycles. The Morgan fingerprint density at radius 2 is 2.28 bits per heavy atom. The van der Waals surface area contributed by atoms with Crippen LogP contribution in [0.2, 0.25) is 0 Å². The predicted molar refractivity (Wildman–Crippen MR) is 66.6 cm³/mol. The van der Waals surface area contributed by atoms with Crippen LogP contribution < -0.4 is 5.73 Å². The monoisotopic (exact) mass is 313 g/mol. The molecule has 1 fully saturated rings. The van der Waals surface area contributed by atoms with Gasteiger partial charge in [-0.1, -0.05) is 0 Å². The molecule has 1 aliphatic heterocycles. The molecule has 7 heteroatoms. The van der Waals surface area contributed by atoms with Crippen LogP contribution in [0.15, 0.2) is 22.8 Å². The number of primary amides is 1. The van der Waals surface area contributed by atoms with Crippen molar-refractivity contribution in [1.82, 2.24) is 9.88 Å². The van der Waals surface area contributed by atoms with Gasteiger partial charge in [-0.25, -0.2) is 4.98 Å². The van der Waals surface area contributed by atoms with Crippen molar-refractivity contribution in [2.45, 2.75) is 18.6 Å². The van der Waals surface area contributed by atoms with Gasteiger partial charge in [0, 0.05) is 23.6 Å². The number of aliphatic hydroxyl groups excluding tert-OH is 1. The SMILES string of the molecule is NC(=O)C1CC(O)CN1C(=O)c1ncccc1Br. The number of carbonyl (C=O) groups excluding carboxylic acids is 2. The zero-order valence-electron chi connectivity index (χ0n) is 9.41. The van der Waals surface area contributed by atoms with Crippen molar-refractivity contribution in [3.8, 4) is 0 Å². The number of nitrogens with zero attached hydrogens (tertiary/aromatic N) is 2. The van der Waals surface area contributed by atoms with E-state index in [1.807, 2.05) is 0 Å². The first-order valence-electron chi connectivity index (χ1n) is 5.39. The zero-order chi connectivity index (χ0) is 13.3. The van der Waals surface area contributed by atoms with E-state index in [1.54, 1.807) is 12.1 Å². The average Bonchev–Trinajstić information content (AvgIpc) is 2.71. The fourth-order valence-corrected chi connectivity index (χ4v) is 2.41. The molecule has 0 spiro atoms. The van der Waals surface area contributed by atoms with Gasteiger partial charge in [0.25, 0.3) is 5.91 Å². The van der Waals surface area contributed by atoms with Crippen LogP contribution in [-0.4, -0.2) is 45.5 Å². The lowest BCUT2D eigenvalue weighted by Gasteiger charge is -2.21. The van der Waals surface area contributed by atoms with Gasteiger partial charge in [-0.2, -0.15) is 0 Å². The van der Waals surface area contributed by atoms with Crippen LogP contribution in [0.4, 0.5) is 0 Å². The molecule has 6 nitrogen and oxygen atoms in total. The highest BCUT2D eigenvalue weighted by Gasteiger charge is 2.38. The number of halogens is 1. The van der Waals surface area contributed by atoms with Gasteiger partial charge >= 0.3 is 0 Å². The number of aliphatic hydroxyl groups is 1. The van der Waals surface area contributed by atoms with Gasteiger partial charge < -0.3 is 15.7 Å². The second-order valence-corrected chi connectivity index (χ2v) is 4.95. The summed E-state index contributed by atoms with van der Waals surface area (Å²) in [5, 5.41) is 9.55. The molecule has 2 unspecified atom stereocenters. The van der Waals surface area contributed by atoms with Gasteiger partial charge in [0.2, 0.25) is 5.91 Å². The molecule has 1 aromatic heterocycles. The first-order valence-corrected chi connectivity index (χ1v) is 6.19. The first-order chi connectivity index (χ1) is 8.50. The maximum Gasteiger partial charge on any atom is 0.274 e. The number of nitrogens with two attached hydrogens (primary N) is 1. The Hall–Kier alpha value is -1.47. The molecule has 96 valence electrons. The van der Waals surface area contributed by atoms with Crippen LogP contribution in [-0.2, 0) is 4.79 Å². The van der Waals surface area contributed by atoms with Gasteiger partial charge in [-0.15, -0.1) is 0 Å². The fraction of sp³-hybridized carbons (Fsp3) is 0.364. The number of β-amino-alcohol motifs (C(OH)–C–C–N with tert-alkyl or cyclic N) is 1. The molecule has 2 amide bonds. The second kappa shape index (κ2) is 5.03. The maximum absolute atomic E-state index is 12.2. The number of rotatable bonds is 2. The van der Waals surface area contributed by atoms with Crippen molar-refractivity contribution in [2.75, 3.05) is 6.54 Å². The lowest BCUT2D eigenvalue weighted by atomic mass is 10.2. The van der Waals surface area contributed by atoms with Crippen molar-refractivity contribution < 1.29 is 14.7 Å². The topological polar surface area (TPSA) is 96.5 Å².